The molecule has 0 spiro atoms. The Morgan fingerprint density at radius 3 is 2.54 bits per heavy atom. The van der Waals surface area contributed by atoms with Gasteiger partial charge < -0.3 is 15.4 Å². The van der Waals surface area contributed by atoms with Crippen molar-refractivity contribution in [1.82, 2.24) is 10.3 Å². The van der Waals surface area contributed by atoms with Crippen LogP contribution in [0.25, 0.3) is 0 Å². The van der Waals surface area contributed by atoms with E-state index in [2.05, 4.69) is 15.6 Å². The van der Waals surface area contributed by atoms with Crippen molar-refractivity contribution < 1.29 is 19.1 Å². The van der Waals surface area contributed by atoms with Crippen LogP contribution < -0.4 is 10.6 Å². The van der Waals surface area contributed by atoms with Gasteiger partial charge in [0.1, 0.15) is 0 Å². The molecule has 0 fully saturated rings. The number of hydrogen-bond acceptors (Lipinski definition) is 5. The molecule has 2 rings (SSSR count). The second-order valence-corrected chi connectivity index (χ2v) is 6.62. The molecule has 7 nitrogen and oxygen atoms in total. The van der Waals surface area contributed by atoms with Crippen LogP contribution in [-0.4, -0.2) is 35.4 Å². The van der Waals surface area contributed by atoms with Gasteiger partial charge in [0.2, 0.25) is 0 Å². The predicted molar refractivity (Wildman–Crippen MR) is 106 cm³/mol. The fourth-order valence-corrected chi connectivity index (χ4v) is 2.45. The summed E-state index contributed by atoms with van der Waals surface area (Å²) in [5, 5.41) is 5.93. The zero-order valence-electron chi connectivity index (χ0n) is 15.1. The van der Waals surface area contributed by atoms with Gasteiger partial charge in [-0.2, -0.15) is 0 Å². The van der Waals surface area contributed by atoms with E-state index in [4.69, 9.17) is 27.9 Å². The van der Waals surface area contributed by atoms with Gasteiger partial charge in [0.15, 0.2) is 11.3 Å². The molecule has 2 aromatic rings. The minimum Gasteiger partial charge on any atom is -0.453 e. The molecule has 28 heavy (non-hydrogen) atoms. The largest absolute Gasteiger partial charge is 0.453 e. The molecular weight excluding hydrogens is 405 g/mol. The number of halogens is 2. The fraction of sp³-hybridized carbons (Fsp3) is 0.263. The first kappa shape index (κ1) is 21.7. The maximum atomic E-state index is 12.1. The molecule has 1 heterocycles. The number of carbonyl (C=O) groups excluding carboxylic acids is 3. The van der Waals surface area contributed by atoms with Crippen LogP contribution >= 0.6 is 23.2 Å². The van der Waals surface area contributed by atoms with Crippen molar-refractivity contribution in [3.8, 4) is 0 Å². The number of amides is 2. The highest BCUT2D eigenvalue weighted by Crippen LogP contribution is 2.17. The lowest BCUT2D eigenvalue weighted by Crippen LogP contribution is -2.30. The molecule has 0 saturated carbocycles. The molecule has 1 aromatic heterocycles. The molecule has 0 saturated heterocycles. The molecule has 0 aliphatic carbocycles. The van der Waals surface area contributed by atoms with Crippen molar-refractivity contribution in [2.24, 2.45) is 0 Å². The lowest BCUT2D eigenvalue weighted by atomic mass is 10.2. The number of benzene rings is 1. The molecule has 0 aliphatic heterocycles. The number of anilines is 1. The number of nitrogens with zero attached hydrogens (tertiary/aromatic N) is 1. The zero-order valence-corrected chi connectivity index (χ0v) is 16.6. The van der Waals surface area contributed by atoms with E-state index in [1.54, 1.807) is 36.4 Å². The van der Waals surface area contributed by atoms with Crippen LogP contribution in [-0.2, 0) is 14.3 Å². The first-order chi connectivity index (χ1) is 13.4. The zero-order chi connectivity index (χ0) is 20.5. The van der Waals surface area contributed by atoms with Gasteiger partial charge in [-0.15, -0.1) is 0 Å². The molecule has 9 heteroatoms. The Kier molecular flexibility index (Phi) is 8.22. The number of ether oxygens (including phenoxy) is 1. The molecule has 1 unspecified atom stereocenters. The summed E-state index contributed by atoms with van der Waals surface area (Å²) in [7, 11) is 0. The SMILES string of the molecule is CC(OC(=O)CCCNC(=O)c1ccc(Cl)cc1)C(=O)Nc1cccnc1Cl. The maximum absolute atomic E-state index is 12.1. The van der Waals surface area contributed by atoms with Gasteiger partial charge in [0.25, 0.3) is 11.8 Å². The fourth-order valence-electron chi connectivity index (χ4n) is 2.16. The summed E-state index contributed by atoms with van der Waals surface area (Å²) >= 11 is 11.6. The highest BCUT2D eigenvalue weighted by Gasteiger charge is 2.18. The van der Waals surface area contributed by atoms with Gasteiger partial charge >= 0.3 is 5.97 Å². The highest BCUT2D eigenvalue weighted by atomic mass is 35.5. The van der Waals surface area contributed by atoms with E-state index in [9.17, 15) is 14.4 Å². The van der Waals surface area contributed by atoms with Crippen molar-refractivity contribution in [3.05, 3.63) is 58.3 Å². The van der Waals surface area contributed by atoms with Crippen LogP contribution in [0.3, 0.4) is 0 Å². The topological polar surface area (TPSA) is 97.4 Å². The summed E-state index contributed by atoms with van der Waals surface area (Å²) in [4.78, 5) is 39.7. The number of esters is 1. The Bertz CT molecular complexity index is 843. The van der Waals surface area contributed by atoms with Gasteiger partial charge in [0, 0.05) is 29.7 Å². The average Bonchev–Trinajstić information content (AvgIpc) is 2.67. The smallest absolute Gasteiger partial charge is 0.306 e. The van der Waals surface area contributed by atoms with Crippen molar-refractivity contribution in [1.29, 1.82) is 0 Å². The Morgan fingerprint density at radius 1 is 1.14 bits per heavy atom. The third-order valence-corrected chi connectivity index (χ3v) is 4.20. The van der Waals surface area contributed by atoms with E-state index >= 15 is 0 Å². The van der Waals surface area contributed by atoms with E-state index < -0.39 is 18.0 Å². The van der Waals surface area contributed by atoms with E-state index in [-0.39, 0.29) is 17.5 Å². The first-order valence-electron chi connectivity index (χ1n) is 8.51. The Hall–Kier alpha value is -2.64. The normalized spacial score (nSPS) is 11.4. The van der Waals surface area contributed by atoms with Crippen LogP contribution in [0, 0.1) is 0 Å². The molecule has 0 radical (unpaired) electrons. The molecule has 2 N–H and O–H groups in total. The minimum absolute atomic E-state index is 0.0617. The molecule has 148 valence electrons. The summed E-state index contributed by atoms with van der Waals surface area (Å²) < 4.78 is 5.09. The average molecular weight is 424 g/mol. The van der Waals surface area contributed by atoms with Crippen LogP contribution in [0.2, 0.25) is 10.2 Å². The predicted octanol–water partition coefficient (Wildman–Crippen LogP) is 3.47. The second-order valence-electron chi connectivity index (χ2n) is 5.83. The minimum atomic E-state index is -0.993. The van der Waals surface area contributed by atoms with E-state index in [0.717, 1.165) is 0 Å². The van der Waals surface area contributed by atoms with Gasteiger partial charge in [-0.3, -0.25) is 14.4 Å². The number of rotatable bonds is 8. The molecular formula is C19H19Cl2N3O4. The number of hydrogen-bond donors (Lipinski definition) is 2. The van der Waals surface area contributed by atoms with Crippen LogP contribution in [0.1, 0.15) is 30.1 Å². The van der Waals surface area contributed by atoms with Crippen molar-refractivity contribution in [2.45, 2.75) is 25.9 Å². The first-order valence-corrected chi connectivity index (χ1v) is 9.27. The standard InChI is InChI=1S/C19H19Cl2N3O4/c1-12(18(26)24-15-4-2-10-22-17(15)21)28-16(25)5-3-11-23-19(27)13-6-8-14(20)9-7-13/h2,4,6-10,12H,3,5,11H2,1H3,(H,23,27)(H,24,26). The van der Waals surface area contributed by atoms with Gasteiger partial charge in [0.05, 0.1) is 5.69 Å². The highest BCUT2D eigenvalue weighted by molar-refractivity contribution is 6.32. The molecule has 1 atom stereocenters. The summed E-state index contributed by atoms with van der Waals surface area (Å²) in [6, 6.07) is 9.68. The van der Waals surface area contributed by atoms with Gasteiger partial charge in [-0.05, 0) is 49.7 Å². The third kappa shape index (κ3) is 6.83. The molecule has 1 aromatic carbocycles. The maximum Gasteiger partial charge on any atom is 0.306 e. The van der Waals surface area contributed by atoms with Crippen LogP contribution in [0.5, 0.6) is 0 Å². The molecule has 0 aliphatic rings. The molecule has 2 amide bonds. The summed E-state index contributed by atoms with van der Waals surface area (Å²) in [5.41, 5.74) is 0.813. The van der Waals surface area contributed by atoms with Crippen molar-refractivity contribution in [3.63, 3.8) is 0 Å². The summed E-state index contributed by atoms with van der Waals surface area (Å²) in [6.07, 6.45) is 0.938. The summed E-state index contributed by atoms with van der Waals surface area (Å²) in [6.45, 7) is 1.75. The number of aromatic nitrogens is 1. The second kappa shape index (κ2) is 10.6. The summed E-state index contributed by atoms with van der Waals surface area (Å²) in [5.74, 6) is -1.31. The van der Waals surface area contributed by atoms with E-state index in [1.165, 1.54) is 13.1 Å². The lowest BCUT2D eigenvalue weighted by Gasteiger charge is -2.14. The number of carbonyl (C=O) groups is 3. The number of pyridine rings is 1. The number of nitrogens with one attached hydrogen (secondary N) is 2. The van der Waals surface area contributed by atoms with Crippen molar-refractivity contribution in [2.75, 3.05) is 11.9 Å². The third-order valence-electron chi connectivity index (χ3n) is 3.64. The van der Waals surface area contributed by atoms with E-state index in [1.807, 2.05) is 0 Å². The van der Waals surface area contributed by atoms with E-state index in [0.29, 0.717) is 29.2 Å². The Labute approximate surface area is 172 Å². The Morgan fingerprint density at radius 2 is 1.86 bits per heavy atom. The quantitative estimate of drug-likeness (QED) is 0.384. The molecule has 0 bridgehead atoms. The monoisotopic (exact) mass is 423 g/mol. The van der Waals surface area contributed by atoms with Gasteiger partial charge in [-0.1, -0.05) is 23.2 Å². The Balaban J connectivity index is 1.68. The van der Waals surface area contributed by atoms with Gasteiger partial charge in [-0.25, -0.2) is 4.98 Å². The van der Waals surface area contributed by atoms with Crippen LogP contribution in [0.4, 0.5) is 5.69 Å². The lowest BCUT2D eigenvalue weighted by molar-refractivity contribution is -0.153. The van der Waals surface area contributed by atoms with Crippen LogP contribution in [0.15, 0.2) is 42.6 Å². The van der Waals surface area contributed by atoms with Crippen molar-refractivity contribution >= 4 is 46.7 Å².